The molecule has 1 aliphatic heterocycles. The predicted octanol–water partition coefficient (Wildman–Crippen LogP) is 2.95. The summed E-state index contributed by atoms with van der Waals surface area (Å²) in [6.45, 7) is 3.04. The Balaban J connectivity index is 2.35. The van der Waals surface area contributed by atoms with Crippen molar-refractivity contribution in [3.8, 4) is 11.5 Å². The molecule has 2 rings (SSSR count). The van der Waals surface area contributed by atoms with Gasteiger partial charge in [-0.05, 0) is 47.1 Å². The third-order valence-corrected chi connectivity index (χ3v) is 2.94. The van der Waals surface area contributed by atoms with Gasteiger partial charge in [-0.3, -0.25) is 0 Å². The number of carbonyl (C=O) groups excluding carboxylic acids is 1. The Morgan fingerprint density at radius 1 is 1.33 bits per heavy atom. The summed E-state index contributed by atoms with van der Waals surface area (Å²) < 4.78 is 16.7. The first-order chi connectivity index (χ1) is 8.72. The van der Waals surface area contributed by atoms with E-state index in [2.05, 4.69) is 15.9 Å². The minimum Gasteiger partial charge on any atom is -0.486 e. The van der Waals surface area contributed by atoms with Crippen molar-refractivity contribution in [1.29, 1.82) is 0 Å². The zero-order valence-corrected chi connectivity index (χ0v) is 11.5. The number of halogens is 1. The van der Waals surface area contributed by atoms with Crippen molar-refractivity contribution in [2.75, 3.05) is 19.8 Å². The number of benzene rings is 1. The Labute approximate surface area is 114 Å². The van der Waals surface area contributed by atoms with Crippen molar-refractivity contribution in [3.63, 3.8) is 0 Å². The lowest BCUT2D eigenvalue weighted by Crippen LogP contribution is -2.08. The number of hydrogen-bond acceptors (Lipinski definition) is 4. The maximum absolute atomic E-state index is 11.7. The molecule has 1 aromatic carbocycles. The highest BCUT2D eigenvalue weighted by Crippen LogP contribution is 2.37. The van der Waals surface area contributed by atoms with Crippen molar-refractivity contribution in [3.05, 3.63) is 34.3 Å². The summed E-state index contributed by atoms with van der Waals surface area (Å²) in [6, 6.07) is 3.31. The van der Waals surface area contributed by atoms with Crippen LogP contribution in [0.25, 0.3) is 0 Å². The van der Waals surface area contributed by atoms with E-state index in [4.69, 9.17) is 14.2 Å². The largest absolute Gasteiger partial charge is 0.486 e. The van der Waals surface area contributed by atoms with Crippen LogP contribution in [-0.2, 0) is 4.74 Å². The van der Waals surface area contributed by atoms with Gasteiger partial charge in [0.25, 0.3) is 0 Å². The number of esters is 1. The molecule has 1 aliphatic rings. The number of fused-ring (bicyclic) bond motifs is 1. The Hall–Kier alpha value is -1.49. The van der Waals surface area contributed by atoms with Crippen molar-refractivity contribution in [1.82, 2.24) is 0 Å². The molecule has 0 spiro atoms. The van der Waals surface area contributed by atoms with Crippen LogP contribution in [0.4, 0.5) is 0 Å². The molecule has 1 aromatic rings. The normalized spacial score (nSPS) is 15.4. The van der Waals surface area contributed by atoms with Gasteiger partial charge in [-0.25, -0.2) is 4.79 Å². The van der Waals surface area contributed by atoms with Crippen LogP contribution in [0.15, 0.2) is 28.8 Å². The summed E-state index contributed by atoms with van der Waals surface area (Å²) in [4.78, 5) is 11.7. The molecule has 0 unspecified atom stereocenters. The highest BCUT2D eigenvalue weighted by Gasteiger charge is 2.17. The molecule has 0 saturated heterocycles. The number of rotatable bonds is 2. The number of ether oxygens (including phenoxy) is 3. The molecule has 0 aromatic heterocycles. The fourth-order valence-electron chi connectivity index (χ4n) is 1.55. The van der Waals surface area contributed by atoms with Gasteiger partial charge in [-0.15, -0.1) is 0 Å². The SMILES string of the molecule is CCOC(=O)c1cc(Br)c2c(c1)OC/C=C\CO2. The van der Waals surface area contributed by atoms with Crippen molar-refractivity contribution in [2.24, 2.45) is 0 Å². The third kappa shape index (κ3) is 2.85. The van der Waals surface area contributed by atoms with E-state index in [0.717, 1.165) is 0 Å². The lowest BCUT2D eigenvalue weighted by molar-refractivity contribution is 0.0525. The molecule has 0 atom stereocenters. The molecule has 96 valence electrons. The summed E-state index contributed by atoms with van der Waals surface area (Å²) in [7, 11) is 0. The average molecular weight is 313 g/mol. The molecule has 5 heteroatoms. The first-order valence-electron chi connectivity index (χ1n) is 5.63. The van der Waals surface area contributed by atoms with E-state index < -0.39 is 0 Å². The van der Waals surface area contributed by atoms with Crippen LogP contribution in [0.1, 0.15) is 17.3 Å². The van der Waals surface area contributed by atoms with Gasteiger partial charge in [0.15, 0.2) is 11.5 Å². The second-order valence-corrected chi connectivity index (χ2v) is 4.45. The summed E-state index contributed by atoms with van der Waals surface area (Å²) in [5, 5.41) is 0. The summed E-state index contributed by atoms with van der Waals surface area (Å²) in [6.07, 6.45) is 3.75. The van der Waals surface area contributed by atoms with Gasteiger partial charge in [0, 0.05) is 0 Å². The van der Waals surface area contributed by atoms with Crippen molar-refractivity contribution in [2.45, 2.75) is 6.92 Å². The Morgan fingerprint density at radius 2 is 2.06 bits per heavy atom. The molecular formula is C13H13BrO4. The van der Waals surface area contributed by atoms with Gasteiger partial charge >= 0.3 is 5.97 Å². The highest BCUT2D eigenvalue weighted by atomic mass is 79.9. The fraction of sp³-hybridized carbons (Fsp3) is 0.308. The van der Waals surface area contributed by atoms with Crippen molar-refractivity contribution >= 4 is 21.9 Å². The quantitative estimate of drug-likeness (QED) is 0.622. The molecule has 1 heterocycles. The van der Waals surface area contributed by atoms with Gasteiger partial charge in [0.1, 0.15) is 13.2 Å². The maximum atomic E-state index is 11.7. The zero-order chi connectivity index (χ0) is 13.0. The predicted molar refractivity (Wildman–Crippen MR) is 70.2 cm³/mol. The smallest absolute Gasteiger partial charge is 0.338 e. The lowest BCUT2D eigenvalue weighted by atomic mass is 10.2. The van der Waals surface area contributed by atoms with Crippen LogP contribution in [0.2, 0.25) is 0 Å². The molecule has 0 bridgehead atoms. The first kappa shape index (κ1) is 13.0. The molecule has 18 heavy (non-hydrogen) atoms. The third-order valence-electron chi connectivity index (χ3n) is 2.35. The van der Waals surface area contributed by atoms with Crippen LogP contribution in [-0.4, -0.2) is 25.8 Å². The Kier molecular flexibility index (Phi) is 4.25. The second kappa shape index (κ2) is 5.91. The van der Waals surface area contributed by atoms with Gasteiger partial charge in [0.2, 0.25) is 0 Å². The van der Waals surface area contributed by atoms with Gasteiger partial charge in [-0.1, -0.05) is 0 Å². The van der Waals surface area contributed by atoms with E-state index in [1.54, 1.807) is 19.1 Å². The number of carbonyl (C=O) groups is 1. The minimum atomic E-state index is -0.373. The fourth-order valence-corrected chi connectivity index (χ4v) is 2.11. The molecule has 0 radical (unpaired) electrons. The molecule has 0 N–H and O–H groups in total. The molecule has 0 fully saturated rings. The highest BCUT2D eigenvalue weighted by molar-refractivity contribution is 9.10. The van der Waals surface area contributed by atoms with Gasteiger partial charge < -0.3 is 14.2 Å². The average Bonchev–Trinajstić information content (AvgIpc) is 2.30. The molecule has 0 amide bonds. The van der Waals surface area contributed by atoms with Crippen LogP contribution in [0.5, 0.6) is 11.5 Å². The minimum absolute atomic E-state index is 0.341. The van der Waals surface area contributed by atoms with Crippen LogP contribution >= 0.6 is 15.9 Å². The molecular weight excluding hydrogens is 300 g/mol. The summed E-state index contributed by atoms with van der Waals surface area (Å²) in [5.41, 5.74) is 0.440. The number of hydrogen-bond donors (Lipinski definition) is 0. The standard InChI is InChI=1S/C13H13BrO4/c1-2-16-13(15)9-7-10(14)12-11(8-9)17-5-3-4-6-18-12/h3-4,7-8H,2,5-6H2,1H3/b4-3-. The van der Waals surface area contributed by atoms with Gasteiger partial charge in [-0.2, -0.15) is 0 Å². The summed E-state index contributed by atoms with van der Waals surface area (Å²) >= 11 is 3.38. The van der Waals surface area contributed by atoms with Crippen molar-refractivity contribution < 1.29 is 19.0 Å². The Bertz CT molecular complexity index is 482. The first-order valence-corrected chi connectivity index (χ1v) is 6.43. The van der Waals surface area contributed by atoms with Crippen LogP contribution in [0.3, 0.4) is 0 Å². The van der Waals surface area contributed by atoms with Gasteiger partial charge in [0.05, 0.1) is 16.6 Å². The van der Waals surface area contributed by atoms with Crippen LogP contribution < -0.4 is 9.47 Å². The van der Waals surface area contributed by atoms with E-state index in [9.17, 15) is 4.79 Å². The van der Waals surface area contributed by atoms with Crippen LogP contribution in [0, 0.1) is 0 Å². The van der Waals surface area contributed by atoms with E-state index in [-0.39, 0.29) is 5.97 Å². The summed E-state index contributed by atoms with van der Waals surface area (Å²) in [5.74, 6) is 0.770. The molecule has 0 saturated carbocycles. The van der Waals surface area contributed by atoms with E-state index >= 15 is 0 Å². The zero-order valence-electron chi connectivity index (χ0n) is 9.94. The molecule has 0 aliphatic carbocycles. The Morgan fingerprint density at radius 3 is 2.78 bits per heavy atom. The van der Waals surface area contributed by atoms with E-state index in [1.807, 2.05) is 12.2 Å². The topological polar surface area (TPSA) is 44.8 Å². The molecule has 4 nitrogen and oxygen atoms in total. The van der Waals surface area contributed by atoms with E-state index in [1.165, 1.54) is 0 Å². The lowest BCUT2D eigenvalue weighted by Gasteiger charge is -2.16. The maximum Gasteiger partial charge on any atom is 0.338 e. The monoisotopic (exact) mass is 312 g/mol. The second-order valence-electron chi connectivity index (χ2n) is 3.60. The van der Waals surface area contributed by atoms with E-state index in [0.29, 0.717) is 41.4 Å².